The van der Waals surface area contributed by atoms with Gasteiger partial charge in [0, 0.05) is 0 Å². The second-order valence-electron chi connectivity index (χ2n) is 4.97. The van der Waals surface area contributed by atoms with E-state index in [-0.39, 0.29) is 4.75 Å². The number of rotatable bonds is 3. The first-order valence-electron chi connectivity index (χ1n) is 6.26. The Morgan fingerprint density at radius 1 is 0.722 bits per heavy atom. The van der Waals surface area contributed by atoms with E-state index in [9.17, 15) is 0 Å². The van der Waals surface area contributed by atoms with Crippen molar-refractivity contribution in [3.05, 3.63) is 70.8 Å². The Bertz CT molecular complexity index is 463. The van der Waals surface area contributed by atoms with Crippen LogP contribution in [0.2, 0.25) is 0 Å². The van der Waals surface area contributed by atoms with Gasteiger partial charge in [-0.15, -0.1) is 11.8 Å². The molecule has 0 radical (unpaired) electrons. The molecule has 2 aromatic rings. The molecule has 0 nitrogen and oxygen atoms in total. The van der Waals surface area contributed by atoms with Crippen molar-refractivity contribution in [3.8, 4) is 0 Å². The fourth-order valence-electron chi connectivity index (χ4n) is 2.15. The van der Waals surface area contributed by atoms with Gasteiger partial charge in [-0.05, 0) is 38.2 Å². The minimum atomic E-state index is 0.0292. The van der Waals surface area contributed by atoms with Crippen LogP contribution in [-0.4, -0.2) is 6.26 Å². The topological polar surface area (TPSA) is 0 Å². The first-order valence-corrected chi connectivity index (χ1v) is 7.48. The van der Waals surface area contributed by atoms with Crippen molar-refractivity contribution in [2.75, 3.05) is 6.26 Å². The monoisotopic (exact) mass is 256 g/mol. The highest BCUT2D eigenvalue weighted by Gasteiger charge is 2.27. The van der Waals surface area contributed by atoms with Crippen molar-refractivity contribution in [2.45, 2.75) is 25.5 Å². The third-order valence-corrected chi connectivity index (χ3v) is 4.90. The van der Waals surface area contributed by atoms with Gasteiger partial charge in [-0.25, -0.2) is 0 Å². The van der Waals surface area contributed by atoms with E-state index in [2.05, 4.69) is 75.6 Å². The molecular formula is C17H20S. The van der Waals surface area contributed by atoms with E-state index in [0.29, 0.717) is 0 Å². The van der Waals surface area contributed by atoms with Gasteiger partial charge in [0.05, 0.1) is 4.75 Å². The summed E-state index contributed by atoms with van der Waals surface area (Å²) in [4.78, 5) is 0. The molecule has 0 unspecified atom stereocenters. The van der Waals surface area contributed by atoms with Crippen molar-refractivity contribution in [1.82, 2.24) is 0 Å². The number of benzene rings is 2. The van der Waals surface area contributed by atoms with Crippen LogP contribution in [0.15, 0.2) is 48.5 Å². The van der Waals surface area contributed by atoms with Gasteiger partial charge in [0.25, 0.3) is 0 Å². The van der Waals surface area contributed by atoms with Gasteiger partial charge in [0.1, 0.15) is 0 Å². The molecule has 2 aromatic carbocycles. The first-order chi connectivity index (χ1) is 8.56. The average molecular weight is 256 g/mol. The molecule has 0 saturated carbocycles. The number of aryl methyl sites for hydroxylation is 2. The largest absolute Gasteiger partial charge is 0.149 e. The summed E-state index contributed by atoms with van der Waals surface area (Å²) in [5.74, 6) is 0. The maximum atomic E-state index is 2.30. The van der Waals surface area contributed by atoms with Gasteiger partial charge < -0.3 is 0 Å². The van der Waals surface area contributed by atoms with Crippen LogP contribution in [0.5, 0.6) is 0 Å². The third-order valence-electron chi connectivity index (χ3n) is 3.61. The summed E-state index contributed by atoms with van der Waals surface area (Å²) >= 11 is 1.89. The van der Waals surface area contributed by atoms with Crippen LogP contribution in [0.25, 0.3) is 0 Å². The molecule has 0 fully saturated rings. The fourth-order valence-corrected chi connectivity index (χ4v) is 2.89. The van der Waals surface area contributed by atoms with Crippen molar-refractivity contribution < 1.29 is 0 Å². The molecule has 0 amide bonds. The Kier molecular flexibility index (Phi) is 3.82. The third kappa shape index (κ3) is 2.46. The smallest absolute Gasteiger partial charge is 0.0626 e. The molecule has 94 valence electrons. The summed E-state index contributed by atoms with van der Waals surface area (Å²) in [7, 11) is 0. The van der Waals surface area contributed by atoms with E-state index in [0.717, 1.165) is 0 Å². The SMILES string of the molecule is CSC(C)(c1ccc(C)cc1)c1ccc(C)cc1. The van der Waals surface area contributed by atoms with Gasteiger partial charge in [0.15, 0.2) is 0 Å². The Morgan fingerprint density at radius 3 is 1.33 bits per heavy atom. The average Bonchev–Trinajstić information content (AvgIpc) is 2.39. The number of hydrogen-bond donors (Lipinski definition) is 0. The second kappa shape index (κ2) is 5.19. The van der Waals surface area contributed by atoms with E-state index in [4.69, 9.17) is 0 Å². The van der Waals surface area contributed by atoms with Crippen molar-refractivity contribution in [3.63, 3.8) is 0 Å². The molecule has 2 rings (SSSR count). The van der Waals surface area contributed by atoms with Crippen LogP contribution < -0.4 is 0 Å². The summed E-state index contributed by atoms with van der Waals surface area (Å²) in [6, 6.07) is 17.7. The van der Waals surface area contributed by atoms with Gasteiger partial charge >= 0.3 is 0 Å². The quantitative estimate of drug-likeness (QED) is 0.750. The van der Waals surface area contributed by atoms with E-state index in [1.54, 1.807) is 0 Å². The molecule has 0 aliphatic heterocycles. The zero-order chi connectivity index (χ0) is 13.2. The molecule has 0 saturated heterocycles. The lowest BCUT2D eigenvalue weighted by Crippen LogP contribution is -2.18. The number of hydrogen-bond acceptors (Lipinski definition) is 1. The van der Waals surface area contributed by atoms with E-state index in [1.165, 1.54) is 22.3 Å². The van der Waals surface area contributed by atoms with Crippen molar-refractivity contribution in [1.29, 1.82) is 0 Å². The van der Waals surface area contributed by atoms with Gasteiger partial charge in [-0.2, -0.15) is 0 Å². The van der Waals surface area contributed by atoms with Crippen LogP contribution in [0, 0.1) is 13.8 Å². The zero-order valence-corrected chi connectivity index (χ0v) is 12.3. The van der Waals surface area contributed by atoms with Crippen LogP contribution >= 0.6 is 11.8 Å². The number of thioether (sulfide) groups is 1. The van der Waals surface area contributed by atoms with Crippen LogP contribution in [0.4, 0.5) is 0 Å². The summed E-state index contributed by atoms with van der Waals surface area (Å²) in [6.07, 6.45) is 2.18. The molecule has 0 heterocycles. The lowest BCUT2D eigenvalue weighted by molar-refractivity contribution is 0.840. The lowest BCUT2D eigenvalue weighted by atomic mass is 9.91. The summed E-state index contributed by atoms with van der Waals surface area (Å²) in [5.41, 5.74) is 5.35. The van der Waals surface area contributed by atoms with E-state index in [1.807, 2.05) is 11.8 Å². The van der Waals surface area contributed by atoms with Crippen LogP contribution in [0.1, 0.15) is 29.2 Å². The molecule has 0 spiro atoms. The minimum absolute atomic E-state index is 0.0292. The molecule has 0 N–H and O–H groups in total. The molecule has 0 aliphatic carbocycles. The summed E-state index contributed by atoms with van der Waals surface area (Å²) in [6.45, 7) is 6.56. The van der Waals surface area contributed by atoms with Crippen LogP contribution in [-0.2, 0) is 4.75 Å². The Morgan fingerprint density at radius 2 is 1.06 bits per heavy atom. The maximum Gasteiger partial charge on any atom is 0.0626 e. The highest BCUT2D eigenvalue weighted by atomic mass is 32.2. The van der Waals surface area contributed by atoms with E-state index >= 15 is 0 Å². The molecule has 0 aromatic heterocycles. The van der Waals surface area contributed by atoms with Gasteiger partial charge in [0.2, 0.25) is 0 Å². The minimum Gasteiger partial charge on any atom is -0.149 e. The predicted molar refractivity (Wildman–Crippen MR) is 82.3 cm³/mol. The summed E-state index contributed by atoms with van der Waals surface area (Å²) in [5, 5.41) is 0. The van der Waals surface area contributed by atoms with Crippen LogP contribution in [0.3, 0.4) is 0 Å². The Balaban J connectivity index is 2.47. The van der Waals surface area contributed by atoms with E-state index < -0.39 is 0 Å². The zero-order valence-electron chi connectivity index (χ0n) is 11.5. The van der Waals surface area contributed by atoms with Gasteiger partial charge in [-0.1, -0.05) is 59.7 Å². The van der Waals surface area contributed by atoms with Crippen molar-refractivity contribution in [2.24, 2.45) is 0 Å². The summed E-state index contributed by atoms with van der Waals surface area (Å²) < 4.78 is 0.0292. The molecule has 0 aliphatic rings. The molecule has 18 heavy (non-hydrogen) atoms. The first kappa shape index (κ1) is 13.2. The fraction of sp³-hybridized carbons (Fsp3) is 0.294. The molecule has 0 bridgehead atoms. The normalized spacial score (nSPS) is 11.6. The lowest BCUT2D eigenvalue weighted by Gasteiger charge is -2.29. The molecule has 0 atom stereocenters. The molecular weight excluding hydrogens is 236 g/mol. The Hall–Kier alpha value is -1.21. The predicted octanol–water partition coefficient (Wildman–Crippen LogP) is 4.93. The van der Waals surface area contributed by atoms with Crippen molar-refractivity contribution >= 4 is 11.8 Å². The highest BCUT2D eigenvalue weighted by molar-refractivity contribution is 7.99. The Labute approximate surface area is 114 Å². The molecule has 1 heteroatoms. The second-order valence-corrected chi connectivity index (χ2v) is 6.19. The standard InChI is InChI=1S/C17H20S/c1-13-5-9-15(10-6-13)17(3,18-4)16-11-7-14(2)8-12-16/h5-12H,1-4H3. The maximum absolute atomic E-state index is 2.30. The van der Waals surface area contributed by atoms with Gasteiger partial charge in [-0.3, -0.25) is 0 Å². The highest BCUT2D eigenvalue weighted by Crippen LogP contribution is 2.41.